The molecule has 0 atom stereocenters. The summed E-state index contributed by atoms with van der Waals surface area (Å²) < 4.78 is 6.03. The van der Waals surface area contributed by atoms with E-state index in [1.807, 2.05) is 36.4 Å². The second kappa shape index (κ2) is 7.14. The van der Waals surface area contributed by atoms with Crippen molar-refractivity contribution in [3.05, 3.63) is 60.2 Å². The van der Waals surface area contributed by atoms with Gasteiger partial charge < -0.3 is 9.84 Å². The van der Waals surface area contributed by atoms with Crippen LogP contribution in [0.15, 0.2) is 64.8 Å². The Balaban J connectivity index is 1.99. The predicted molar refractivity (Wildman–Crippen MR) is 106 cm³/mol. The Morgan fingerprint density at radius 1 is 1.00 bits per heavy atom. The zero-order chi connectivity index (χ0) is 18.7. The van der Waals surface area contributed by atoms with Crippen molar-refractivity contribution in [3.63, 3.8) is 0 Å². The fourth-order valence-electron chi connectivity index (χ4n) is 2.82. The van der Waals surface area contributed by atoms with Crippen LogP contribution >= 0.6 is 0 Å². The summed E-state index contributed by atoms with van der Waals surface area (Å²) in [4.78, 5) is 0. The molecule has 3 rings (SSSR count). The van der Waals surface area contributed by atoms with Crippen molar-refractivity contribution < 1.29 is 9.84 Å². The first kappa shape index (κ1) is 17.9. The van der Waals surface area contributed by atoms with E-state index in [1.54, 1.807) is 13.2 Å². The normalized spacial score (nSPS) is 12.0. The molecule has 0 unspecified atom stereocenters. The number of hydrogen-bond acceptors (Lipinski definition) is 4. The van der Waals surface area contributed by atoms with E-state index in [-0.39, 0.29) is 5.75 Å². The zero-order valence-corrected chi connectivity index (χ0v) is 15.6. The molecule has 0 aliphatic rings. The third-order valence-electron chi connectivity index (χ3n) is 4.33. The minimum absolute atomic E-state index is 0.125. The van der Waals surface area contributed by atoms with Gasteiger partial charge in [0.15, 0.2) is 0 Å². The van der Waals surface area contributed by atoms with Gasteiger partial charge in [0.25, 0.3) is 0 Å². The molecule has 0 spiro atoms. The molecule has 0 aliphatic heterocycles. The standard InChI is InChI=1S/C21H23N3O2/c1-24(2,3)17-11-9-15-10-12-19(25)21(18(15)13-17)23-22-14-16-7-5-6-8-20(16)26-4/h5-13H,14H2,1-4H3/p+1. The lowest BCUT2D eigenvalue weighted by Gasteiger charge is -2.23. The Bertz CT molecular complexity index is 959. The largest absolute Gasteiger partial charge is 0.506 e. The smallest absolute Gasteiger partial charge is 0.143 e. The summed E-state index contributed by atoms with van der Waals surface area (Å²) in [5, 5.41) is 20.9. The minimum Gasteiger partial charge on any atom is -0.506 e. The third-order valence-corrected chi connectivity index (χ3v) is 4.33. The van der Waals surface area contributed by atoms with Crippen molar-refractivity contribution in [2.24, 2.45) is 10.2 Å². The Labute approximate surface area is 153 Å². The van der Waals surface area contributed by atoms with Crippen LogP contribution in [-0.2, 0) is 6.54 Å². The fraction of sp³-hybridized carbons (Fsp3) is 0.238. The maximum Gasteiger partial charge on any atom is 0.143 e. The summed E-state index contributed by atoms with van der Waals surface area (Å²) in [7, 11) is 7.95. The summed E-state index contributed by atoms with van der Waals surface area (Å²) in [6, 6.07) is 17.5. The van der Waals surface area contributed by atoms with E-state index in [2.05, 4.69) is 43.5 Å². The van der Waals surface area contributed by atoms with Crippen LogP contribution < -0.4 is 9.22 Å². The molecule has 0 saturated carbocycles. The average molecular weight is 350 g/mol. The first-order valence-corrected chi connectivity index (χ1v) is 8.47. The van der Waals surface area contributed by atoms with Crippen LogP contribution in [0.1, 0.15) is 5.56 Å². The van der Waals surface area contributed by atoms with Gasteiger partial charge in [-0.1, -0.05) is 24.3 Å². The van der Waals surface area contributed by atoms with E-state index < -0.39 is 0 Å². The number of fused-ring (bicyclic) bond motifs is 1. The lowest BCUT2D eigenvalue weighted by Crippen LogP contribution is -2.34. The molecule has 1 N–H and O–H groups in total. The quantitative estimate of drug-likeness (QED) is 0.518. The summed E-state index contributed by atoms with van der Waals surface area (Å²) in [6.45, 7) is 0.384. The number of aromatic hydroxyl groups is 1. The highest BCUT2D eigenvalue weighted by molar-refractivity contribution is 5.97. The SMILES string of the molecule is COc1ccccc1CN=Nc1c(O)ccc2ccc([N+](C)(C)C)cc12. The number of hydrogen-bond donors (Lipinski definition) is 1. The Kier molecular flexibility index (Phi) is 4.91. The van der Waals surface area contributed by atoms with Crippen LogP contribution in [-0.4, -0.2) is 33.4 Å². The number of ether oxygens (including phenoxy) is 1. The van der Waals surface area contributed by atoms with Crippen LogP contribution in [0.5, 0.6) is 11.5 Å². The zero-order valence-electron chi connectivity index (χ0n) is 15.6. The molecule has 5 nitrogen and oxygen atoms in total. The van der Waals surface area contributed by atoms with E-state index in [1.165, 1.54) is 0 Å². The number of phenols is 1. The summed E-state index contributed by atoms with van der Waals surface area (Å²) >= 11 is 0. The molecule has 0 aliphatic carbocycles. The highest BCUT2D eigenvalue weighted by Crippen LogP contribution is 2.37. The molecule has 5 heteroatoms. The van der Waals surface area contributed by atoms with Crippen molar-refractivity contribution in [3.8, 4) is 11.5 Å². The second-order valence-electron chi connectivity index (χ2n) is 7.06. The number of benzene rings is 3. The van der Waals surface area contributed by atoms with Gasteiger partial charge in [-0.05, 0) is 29.7 Å². The van der Waals surface area contributed by atoms with Crippen LogP contribution in [0.3, 0.4) is 0 Å². The van der Waals surface area contributed by atoms with Crippen molar-refractivity contribution in [1.82, 2.24) is 4.48 Å². The van der Waals surface area contributed by atoms with Gasteiger partial charge in [0, 0.05) is 17.0 Å². The van der Waals surface area contributed by atoms with Crippen molar-refractivity contribution in [2.45, 2.75) is 6.54 Å². The second-order valence-corrected chi connectivity index (χ2v) is 7.06. The number of methoxy groups -OCH3 is 1. The van der Waals surface area contributed by atoms with E-state index in [0.29, 0.717) is 16.7 Å². The molecule has 0 heterocycles. The highest BCUT2D eigenvalue weighted by Gasteiger charge is 2.15. The van der Waals surface area contributed by atoms with E-state index in [4.69, 9.17) is 4.74 Å². The Hall–Kier alpha value is -2.92. The molecule has 3 aromatic carbocycles. The van der Waals surface area contributed by atoms with Gasteiger partial charge in [0.05, 0.1) is 34.8 Å². The molecule has 0 aromatic heterocycles. The van der Waals surface area contributed by atoms with E-state index >= 15 is 0 Å². The maximum atomic E-state index is 10.3. The topological polar surface area (TPSA) is 54.2 Å². The van der Waals surface area contributed by atoms with E-state index in [9.17, 15) is 5.11 Å². The van der Waals surface area contributed by atoms with E-state index in [0.717, 1.165) is 27.8 Å². The first-order chi connectivity index (χ1) is 12.4. The number of rotatable bonds is 5. The van der Waals surface area contributed by atoms with Gasteiger partial charge >= 0.3 is 0 Å². The van der Waals surface area contributed by atoms with Gasteiger partial charge in [0.1, 0.15) is 22.9 Å². The van der Waals surface area contributed by atoms with Gasteiger partial charge in [0.2, 0.25) is 0 Å². The molecule has 0 saturated heterocycles. The van der Waals surface area contributed by atoms with Gasteiger partial charge in [-0.2, -0.15) is 10.2 Å². The lowest BCUT2D eigenvalue weighted by molar-refractivity contribution is 0.409. The van der Waals surface area contributed by atoms with Crippen molar-refractivity contribution >= 4 is 22.1 Å². The summed E-state index contributed by atoms with van der Waals surface area (Å²) in [5.74, 6) is 0.903. The molecule has 0 bridgehead atoms. The van der Waals surface area contributed by atoms with Crippen molar-refractivity contribution in [2.75, 3.05) is 28.3 Å². The Morgan fingerprint density at radius 2 is 1.73 bits per heavy atom. The molecule has 134 valence electrons. The maximum absolute atomic E-state index is 10.3. The number of quaternary nitrogens is 1. The Morgan fingerprint density at radius 3 is 2.46 bits per heavy atom. The van der Waals surface area contributed by atoms with Crippen LogP contribution in [0.25, 0.3) is 10.8 Å². The van der Waals surface area contributed by atoms with Crippen LogP contribution in [0, 0.1) is 0 Å². The molecular weight excluding hydrogens is 326 g/mol. The molecule has 0 radical (unpaired) electrons. The number of azo groups is 1. The monoisotopic (exact) mass is 350 g/mol. The summed E-state index contributed by atoms with van der Waals surface area (Å²) in [6.07, 6.45) is 0. The molecule has 0 fully saturated rings. The predicted octanol–water partition coefficient (Wildman–Crippen LogP) is 5.03. The van der Waals surface area contributed by atoms with Gasteiger partial charge in [-0.15, -0.1) is 0 Å². The summed E-state index contributed by atoms with van der Waals surface area (Å²) in [5.41, 5.74) is 2.57. The minimum atomic E-state index is 0.125. The van der Waals surface area contributed by atoms with Crippen LogP contribution in [0.4, 0.5) is 11.4 Å². The van der Waals surface area contributed by atoms with Crippen LogP contribution in [0.2, 0.25) is 0 Å². The lowest BCUT2D eigenvalue weighted by atomic mass is 10.1. The van der Waals surface area contributed by atoms with Gasteiger partial charge in [-0.25, -0.2) is 0 Å². The average Bonchev–Trinajstić information content (AvgIpc) is 2.62. The fourth-order valence-corrected chi connectivity index (χ4v) is 2.82. The highest BCUT2D eigenvalue weighted by atomic mass is 16.5. The first-order valence-electron chi connectivity index (χ1n) is 8.47. The molecule has 3 aromatic rings. The number of para-hydroxylation sites is 1. The third kappa shape index (κ3) is 3.68. The van der Waals surface area contributed by atoms with Gasteiger partial charge in [-0.3, -0.25) is 4.48 Å². The molecule has 0 amide bonds. The molecular formula is C21H24N3O2+. The number of nitrogens with zero attached hydrogens (tertiary/aromatic N) is 3. The molecule has 26 heavy (non-hydrogen) atoms. The van der Waals surface area contributed by atoms with Crippen molar-refractivity contribution in [1.29, 1.82) is 0 Å². The number of phenolic OH excluding ortho intramolecular Hbond substituents is 1.